The summed E-state index contributed by atoms with van der Waals surface area (Å²) in [4.78, 5) is 0. The van der Waals surface area contributed by atoms with Gasteiger partial charge in [0.25, 0.3) is 0 Å². The van der Waals surface area contributed by atoms with Crippen LogP contribution < -0.4 is 0 Å². The number of hydrogen-bond acceptors (Lipinski definition) is 0. The van der Waals surface area contributed by atoms with Crippen LogP contribution in [-0.2, 0) is 0 Å². The minimum atomic E-state index is 0.454. The van der Waals surface area contributed by atoms with Crippen molar-refractivity contribution in [2.75, 3.05) is 0 Å². The van der Waals surface area contributed by atoms with Crippen molar-refractivity contribution in [3.63, 3.8) is 0 Å². The molecule has 18 heavy (non-hydrogen) atoms. The molecule has 0 aromatic heterocycles. The van der Waals surface area contributed by atoms with Crippen LogP contribution in [0, 0.1) is 28.6 Å². The van der Waals surface area contributed by atoms with E-state index in [1.54, 1.807) is 0 Å². The molecule has 0 aliphatic rings. The van der Waals surface area contributed by atoms with Crippen molar-refractivity contribution in [3.05, 3.63) is 0 Å². The van der Waals surface area contributed by atoms with Gasteiger partial charge in [-0.15, -0.1) is 0 Å². The monoisotopic (exact) mass is 254 g/mol. The van der Waals surface area contributed by atoms with Crippen molar-refractivity contribution in [1.82, 2.24) is 0 Å². The van der Waals surface area contributed by atoms with Gasteiger partial charge in [0.2, 0.25) is 0 Å². The first-order valence-corrected chi connectivity index (χ1v) is 7.95. The molecule has 110 valence electrons. The molecule has 0 aliphatic heterocycles. The Morgan fingerprint density at radius 2 is 1.22 bits per heavy atom. The topological polar surface area (TPSA) is 0 Å². The quantitative estimate of drug-likeness (QED) is 0.504. The van der Waals surface area contributed by atoms with Crippen molar-refractivity contribution in [2.24, 2.45) is 28.6 Å². The van der Waals surface area contributed by atoms with Gasteiger partial charge < -0.3 is 0 Å². The molecule has 0 heteroatoms. The van der Waals surface area contributed by atoms with Crippen LogP contribution in [0.15, 0.2) is 0 Å². The van der Waals surface area contributed by atoms with Crippen LogP contribution in [0.5, 0.6) is 0 Å². The average Bonchev–Trinajstić information content (AvgIpc) is 2.11. The first-order chi connectivity index (χ1) is 7.95. The Morgan fingerprint density at radius 3 is 1.56 bits per heavy atom. The lowest BCUT2D eigenvalue weighted by Crippen LogP contribution is -2.26. The van der Waals surface area contributed by atoms with Crippen molar-refractivity contribution in [1.29, 1.82) is 0 Å². The molecule has 0 rings (SSSR count). The van der Waals surface area contributed by atoms with Crippen molar-refractivity contribution < 1.29 is 0 Å². The largest absolute Gasteiger partial charge is 0.0651 e. The highest BCUT2D eigenvalue weighted by molar-refractivity contribution is 4.79. The zero-order valence-electron chi connectivity index (χ0n) is 14.6. The Morgan fingerprint density at radius 1 is 0.778 bits per heavy atom. The van der Waals surface area contributed by atoms with Crippen LogP contribution in [0.2, 0.25) is 0 Å². The van der Waals surface area contributed by atoms with Gasteiger partial charge in [-0.25, -0.2) is 0 Å². The molecule has 0 aromatic carbocycles. The fourth-order valence-corrected chi connectivity index (χ4v) is 3.07. The standard InChI is InChI=1S/C18H38/c1-10-14(2)11-16(18(7,8)9)12-15(3)13-17(4,5)6/h14-16H,10-13H2,1-9H3. The summed E-state index contributed by atoms with van der Waals surface area (Å²) in [6.07, 6.45) is 5.46. The first kappa shape index (κ1) is 18.0. The zero-order valence-corrected chi connectivity index (χ0v) is 14.6. The predicted octanol–water partition coefficient (Wildman–Crippen LogP) is 6.55. The van der Waals surface area contributed by atoms with Gasteiger partial charge in [0, 0.05) is 0 Å². The van der Waals surface area contributed by atoms with E-state index in [0.717, 1.165) is 17.8 Å². The highest BCUT2D eigenvalue weighted by Crippen LogP contribution is 2.39. The van der Waals surface area contributed by atoms with E-state index in [2.05, 4.69) is 62.3 Å². The molecule has 0 spiro atoms. The van der Waals surface area contributed by atoms with Gasteiger partial charge in [-0.3, -0.25) is 0 Å². The van der Waals surface area contributed by atoms with E-state index in [1.807, 2.05) is 0 Å². The summed E-state index contributed by atoms with van der Waals surface area (Å²) in [7, 11) is 0. The molecule has 0 aliphatic carbocycles. The molecule has 0 amide bonds. The summed E-state index contributed by atoms with van der Waals surface area (Å²) in [6, 6.07) is 0. The molecular weight excluding hydrogens is 216 g/mol. The average molecular weight is 255 g/mol. The van der Waals surface area contributed by atoms with Gasteiger partial charge >= 0.3 is 0 Å². The van der Waals surface area contributed by atoms with Gasteiger partial charge in [-0.2, -0.15) is 0 Å². The van der Waals surface area contributed by atoms with Crippen molar-refractivity contribution >= 4 is 0 Å². The highest BCUT2D eigenvalue weighted by Gasteiger charge is 2.28. The molecule has 3 atom stereocenters. The Balaban J connectivity index is 4.51. The van der Waals surface area contributed by atoms with E-state index in [0.29, 0.717) is 10.8 Å². The lowest BCUT2D eigenvalue weighted by Gasteiger charge is -2.36. The summed E-state index contributed by atoms with van der Waals surface area (Å²) in [5.41, 5.74) is 0.924. The summed E-state index contributed by atoms with van der Waals surface area (Å²) in [5, 5.41) is 0. The normalized spacial score (nSPS) is 18.5. The highest BCUT2D eigenvalue weighted by atomic mass is 14.3. The SMILES string of the molecule is CCC(C)CC(CC(C)CC(C)(C)C)C(C)(C)C. The fraction of sp³-hybridized carbons (Fsp3) is 1.00. The van der Waals surface area contributed by atoms with Gasteiger partial charge in [-0.05, 0) is 47.8 Å². The van der Waals surface area contributed by atoms with Gasteiger partial charge in [0.1, 0.15) is 0 Å². The van der Waals surface area contributed by atoms with E-state index < -0.39 is 0 Å². The second-order valence-electron chi connectivity index (χ2n) is 8.92. The lowest BCUT2D eigenvalue weighted by atomic mass is 9.70. The Hall–Kier alpha value is 0. The van der Waals surface area contributed by atoms with Crippen molar-refractivity contribution in [2.45, 2.75) is 88.0 Å². The fourth-order valence-electron chi connectivity index (χ4n) is 3.07. The van der Waals surface area contributed by atoms with Crippen molar-refractivity contribution in [3.8, 4) is 0 Å². The molecule has 0 nitrogen and oxygen atoms in total. The molecule has 0 N–H and O–H groups in total. The Kier molecular flexibility index (Phi) is 6.96. The molecule has 3 unspecified atom stereocenters. The maximum absolute atomic E-state index is 2.45. The van der Waals surface area contributed by atoms with E-state index in [-0.39, 0.29) is 0 Å². The smallest absolute Gasteiger partial charge is 0.0354 e. The second kappa shape index (κ2) is 6.96. The molecule has 0 aromatic rings. The third-order valence-electron chi connectivity index (χ3n) is 4.26. The maximum Gasteiger partial charge on any atom is -0.0354 e. The molecule has 0 fully saturated rings. The second-order valence-corrected chi connectivity index (χ2v) is 8.92. The van der Waals surface area contributed by atoms with Gasteiger partial charge in [0.05, 0.1) is 0 Å². The molecule has 0 heterocycles. The maximum atomic E-state index is 2.45. The summed E-state index contributed by atoms with van der Waals surface area (Å²) in [5.74, 6) is 2.58. The summed E-state index contributed by atoms with van der Waals surface area (Å²) in [6.45, 7) is 21.5. The van der Waals surface area contributed by atoms with E-state index >= 15 is 0 Å². The molecule has 0 radical (unpaired) electrons. The summed E-state index contributed by atoms with van der Waals surface area (Å²) < 4.78 is 0. The minimum absolute atomic E-state index is 0.454. The van der Waals surface area contributed by atoms with Crippen LogP contribution in [0.4, 0.5) is 0 Å². The third-order valence-corrected chi connectivity index (χ3v) is 4.26. The molecular formula is C18H38. The van der Waals surface area contributed by atoms with Gasteiger partial charge in [0.15, 0.2) is 0 Å². The van der Waals surface area contributed by atoms with Crippen LogP contribution in [-0.4, -0.2) is 0 Å². The minimum Gasteiger partial charge on any atom is -0.0651 e. The molecule has 0 saturated carbocycles. The van der Waals surface area contributed by atoms with Gasteiger partial charge in [-0.1, -0.05) is 68.7 Å². The molecule has 0 saturated heterocycles. The summed E-state index contributed by atoms with van der Waals surface area (Å²) >= 11 is 0. The first-order valence-electron chi connectivity index (χ1n) is 7.95. The van der Waals surface area contributed by atoms with Crippen LogP contribution >= 0.6 is 0 Å². The lowest BCUT2D eigenvalue weighted by molar-refractivity contribution is 0.148. The molecule has 0 bridgehead atoms. The van der Waals surface area contributed by atoms with E-state index in [9.17, 15) is 0 Å². The Labute approximate surface area is 117 Å². The Bertz CT molecular complexity index is 213. The van der Waals surface area contributed by atoms with E-state index in [1.165, 1.54) is 25.7 Å². The van der Waals surface area contributed by atoms with Crippen LogP contribution in [0.25, 0.3) is 0 Å². The van der Waals surface area contributed by atoms with Crippen LogP contribution in [0.3, 0.4) is 0 Å². The zero-order chi connectivity index (χ0) is 14.6. The van der Waals surface area contributed by atoms with Crippen LogP contribution in [0.1, 0.15) is 88.0 Å². The number of hydrogen-bond donors (Lipinski definition) is 0. The number of rotatable bonds is 6. The third kappa shape index (κ3) is 8.16. The predicted molar refractivity (Wildman–Crippen MR) is 84.9 cm³/mol. The van der Waals surface area contributed by atoms with E-state index in [4.69, 9.17) is 0 Å².